The van der Waals surface area contributed by atoms with Crippen molar-refractivity contribution in [2.75, 3.05) is 5.32 Å². The highest BCUT2D eigenvalue weighted by molar-refractivity contribution is 6.36. The second kappa shape index (κ2) is 7.32. The van der Waals surface area contributed by atoms with E-state index in [9.17, 15) is 0 Å². The summed E-state index contributed by atoms with van der Waals surface area (Å²) in [6.07, 6.45) is 0. The molecule has 0 atom stereocenters. The van der Waals surface area contributed by atoms with Crippen LogP contribution >= 0.6 is 0 Å². The molecule has 0 saturated heterocycles. The molecule has 4 aromatic carbocycles. The van der Waals surface area contributed by atoms with Crippen LogP contribution in [0.5, 0.6) is 0 Å². The number of hydrogen-bond donors (Lipinski definition) is 1. The van der Waals surface area contributed by atoms with Crippen LogP contribution in [0.15, 0.2) is 103 Å². The minimum Gasteiger partial charge on any atom is -0.356 e. The Morgan fingerprint density at radius 2 is 1.00 bits per heavy atom. The van der Waals surface area contributed by atoms with Crippen LogP contribution in [0.1, 0.15) is 0 Å². The molecule has 0 aliphatic carbocycles. The van der Waals surface area contributed by atoms with E-state index in [1.54, 1.807) is 0 Å². The van der Waals surface area contributed by atoms with Gasteiger partial charge in [0.05, 0.1) is 0 Å². The van der Waals surface area contributed by atoms with Crippen LogP contribution in [0.25, 0.3) is 22.3 Å². The van der Waals surface area contributed by atoms with E-state index in [0.717, 1.165) is 11.4 Å². The first-order valence-electron chi connectivity index (χ1n) is 8.88. The fraction of sp³-hybridized carbons (Fsp3) is 0. The van der Waals surface area contributed by atoms with E-state index in [-0.39, 0.29) is 0 Å². The molecule has 0 amide bonds. The average Bonchev–Trinajstić information content (AvgIpc) is 2.71. The van der Waals surface area contributed by atoms with Crippen molar-refractivity contribution in [3.05, 3.63) is 103 Å². The largest absolute Gasteiger partial charge is 0.356 e. The predicted octanol–water partition coefficient (Wildman–Crippen LogP) is 5.02. The minimum absolute atomic E-state index is 1.10. The fourth-order valence-electron chi connectivity index (χ4n) is 3.15. The number of hydrogen-bond acceptors (Lipinski definition) is 1. The van der Waals surface area contributed by atoms with Gasteiger partial charge in [-0.15, -0.1) is 0 Å². The normalized spacial score (nSPS) is 10.5. The Balaban J connectivity index is 1.54. The van der Waals surface area contributed by atoms with Gasteiger partial charge >= 0.3 is 0 Å². The first-order chi connectivity index (χ1) is 12.8. The summed E-state index contributed by atoms with van der Waals surface area (Å²) >= 11 is 0. The summed E-state index contributed by atoms with van der Waals surface area (Å²) in [6.45, 7) is 0. The van der Waals surface area contributed by atoms with Gasteiger partial charge in [-0.1, -0.05) is 90.4 Å². The van der Waals surface area contributed by atoms with E-state index in [2.05, 4.69) is 104 Å². The van der Waals surface area contributed by atoms with E-state index in [1.807, 2.05) is 12.1 Å². The molecule has 4 aromatic rings. The zero-order valence-corrected chi connectivity index (χ0v) is 14.8. The van der Waals surface area contributed by atoms with Crippen molar-refractivity contribution in [3.8, 4) is 22.3 Å². The number of benzene rings is 4. The quantitative estimate of drug-likeness (QED) is 0.517. The number of nitrogens with one attached hydrogen (secondary N) is 1. The molecule has 4 rings (SSSR count). The van der Waals surface area contributed by atoms with Crippen LogP contribution in [-0.4, -0.2) is 7.85 Å². The van der Waals surface area contributed by atoms with E-state index in [0.29, 0.717) is 0 Å². The maximum atomic E-state index is 3.53. The molecule has 2 heteroatoms. The lowest BCUT2D eigenvalue weighted by atomic mass is 9.90. The minimum atomic E-state index is 1.10. The molecular weight excluding hydrogens is 313 g/mol. The topological polar surface area (TPSA) is 12.0 Å². The van der Waals surface area contributed by atoms with Crippen LogP contribution < -0.4 is 10.8 Å². The molecule has 0 heterocycles. The summed E-state index contributed by atoms with van der Waals surface area (Å²) in [4.78, 5) is 0. The summed E-state index contributed by atoms with van der Waals surface area (Å²) in [5, 5.41) is 3.53. The van der Waals surface area contributed by atoms with Crippen molar-refractivity contribution in [1.82, 2.24) is 0 Å². The van der Waals surface area contributed by atoms with Crippen molar-refractivity contribution < 1.29 is 0 Å². The van der Waals surface area contributed by atoms with Crippen molar-refractivity contribution in [2.24, 2.45) is 0 Å². The molecule has 1 nitrogen and oxygen atoms in total. The van der Waals surface area contributed by atoms with Gasteiger partial charge in [-0.25, -0.2) is 0 Å². The molecule has 0 fully saturated rings. The van der Waals surface area contributed by atoms with Crippen LogP contribution in [0.4, 0.5) is 11.4 Å². The first-order valence-corrected chi connectivity index (χ1v) is 8.88. The lowest BCUT2D eigenvalue weighted by molar-refractivity contribution is 1.55. The van der Waals surface area contributed by atoms with Gasteiger partial charge < -0.3 is 5.32 Å². The summed E-state index contributed by atoms with van der Waals surface area (Å²) in [7, 11) is 2.15. The van der Waals surface area contributed by atoms with E-state index < -0.39 is 0 Å². The van der Waals surface area contributed by atoms with Crippen LogP contribution in [0.2, 0.25) is 0 Å². The van der Waals surface area contributed by atoms with Gasteiger partial charge in [0.25, 0.3) is 0 Å². The van der Waals surface area contributed by atoms with E-state index in [4.69, 9.17) is 0 Å². The summed E-state index contributed by atoms with van der Waals surface area (Å²) in [5.41, 5.74) is 8.42. The van der Waals surface area contributed by atoms with Crippen molar-refractivity contribution in [2.45, 2.75) is 0 Å². The monoisotopic (exact) mass is 333 g/mol. The van der Waals surface area contributed by atoms with E-state index in [1.165, 1.54) is 27.7 Å². The standard InChI is InChI=1S/C24H20BN/c25-23-17-21(19-9-5-2-6-10-19)13-16-24(23)26-22-14-11-20(12-15-22)18-7-3-1-4-8-18/h1-17,26H,25H2. The first kappa shape index (κ1) is 16.2. The zero-order valence-electron chi connectivity index (χ0n) is 14.8. The van der Waals surface area contributed by atoms with Gasteiger partial charge in [0, 0.05) is 11.4 Å². The van der Waals surface area contributed by atoms with Crippen LogP contribution in [0, 0.1) is 0 Å². The van der Waals surface area contributed by atoms with Gasteiger partial charge in [-0.3, -0.25) is 0 Å². The molecule has 0 saturated carbocycles. The molecule has 26 heavy (non-hydrogen) atoms. The molecule has 0 unspecified atom stereocenters. The highest BCUT2D eigenvalue weighted by Crippen LogP contribution is 2.24. The van der Waals surface area contributed by atoms with Crippen molar-refractivity contribution >= 4 is 24.7 Å². The maximum Gasteiger partial charge on any atom is 0.142 e. The molecule has 0 bridgehead atoms. The van der Waals surface area contributed by atoms with Gasteiger partial charge in [-0.05, 0) is 40.5 Å². The van der Waals surface area contributed by atoms with E-state index >= 15 is 0 Å². The molecule has 0 aliphatic heterocycles. The third kappa shape index (κ3) is 3.55. The van der Waals surface area contributed by atoms with Gasteiger partial charge in [0.1, 0.15) is 7.85 Å². The maximum absolute atomic E-state index is 3.53. The second-order valence-electron chi connectivity index (χ2n) is 6.46. The van der Waals surface area contributed by atoms with Crippen molar-refractivity contribution in [1.29, 1.82) is 0 Å². The molecular formula is C24H20BN. The second-order valence-corrected chi connectivity index (χ2v) is 6.46. The van der Waals surface area contributed by atoms with Gasteiger partial charge in [0.2, 0.25) is 0 Å². The summed E-state index contributed by atoms with van der Waals surface area (Å²) in [5.74, 6) is 0. The zero-order chi connectivity index (χ0) is 17.8. The molecule has 124 valence electrons. The summed E-state index contributed by atoms with van der Waals surface area (Å²) in [6, 6.07) is 36.1. The Morgan fingerprint density at radius 3 is 1.58 bits per heavy atom. The summed E-state index contributed by atoms with van der Waals surface area (Å²) < 4.78 is 0. The predicted molar refractivity (Wildman–Crippen MR) is 115 cm³/mol. The van der Waals surface area contributed by atoms with Crippen molar-refractivity contribution in [3.63, 3.8) is 0 Å². The van der Waals surface area contributed by atoms with Gasteiger partial charge in [-0.2, -0.15) is 0 Å². The lowest BCUT2D eigenvalue weighted by Crippen LogP contribution is -2.09. The Bertz CT molecular complexity index is 993. The Labute approximate surface area is 155 Å². The Kier molecular flexibility index (Phi) is 4.57. The average molecular weight is 333 g/mol. The molecule has 0 radical (unpaired) electrons. The number of rotatable bonds is 4. The highest BCUT2D eigenvalue weighted by Gasteiger charge is 2.03. The number of anilines is 2. The fourth-order valence-corrected chi connectivity index (χ4v) is 3.15. The Hall–Kier alpha value is -3.26. The molecule has 0 aliphatic rings. The van der Waals surface area contributed by atoms with Crippen LogP contribution in [0.3, 0.4) is 0 Å². The highest BCUT2D eigenvalue weighted by atomic mass is 14.9. The third-order valence-electron chi connectivity index (χ3n) is 4.60. The van der Waals surface area contributed by atoms with Gasteiger partial charge in [0.15, 0.2) is 0 Å². The van der Waals surface area contributed by atoms with Crippen LogP contribution in [-0.2, 0) is 0 Å². The molecule has 0 aromatic heterocycles. The SMILES string of the molecule is Bc1cc(-c2ccccc2)ccc1Nc1ccc(-c2ccccc2)cc1. The molecule has 1 N–H and O–H groups in total. The smallest absolute Gasteiger partial charge is 0.142 e. The molecule has 0 spiro atoms. The lowest BCUT2D eigenvalue weighted by Gasteiger charge is -2.12. The third-order valence-corrected chi connectivity index (χ3v) is 4.60. The Morgan fingerprint density at radius 1 is 0.500 bits per heavy atom.